The average Bonchev–Trinajstić information content (AvgIpc) is 2.74. The van der Waals surface area contributed by atoms with Crippen LogP contribution in [0.1, 0.15) is 15.9 Å². The maximum Gasteiger partial charge on any atom is 0.345 e. The highest BCUT2D eigenvalue weighted by Crippen LogP contribution is 2.30. The Hall–Kier alpha value is -2.84. The zero-order valence-corrected chi connectivity index (χ0v) is 19.6. The molecule has 0 radical (unpaired) electrons. The molecule has 0 aliphatic heterocycles. The minimum atomic E-state index is -0.634. The number of halogens is 3. The van der Waals surface area contributed by atoms with E-state index in [0.717, 1.165) is 5.69 Å². The van der Waals surface area contributed by atoms with Crippen molar-refractivity contribution < 1.29 is 14.3 Å². The number of hydrogen-bond donors (Lipinski definition) is 2. The van der Waals surface area contributed by atoms with E-state index in [9.17, 15) is 4.79 Å². The molecule has 0 bridgehead atoms. The van der Waals surface area contributed by atoms with Crippen molar-refractivity contribution in [3.05, 3.63) is 86.9 Å². The molecule has 0 spiro atoms. The zero-order valence-electron chi connectivity index (χ0n) is 16.6. The van der Waals surface area contributed by atoms with Gasteiger partial charge in [0.2, 0.25) is 0 Å². The van der Waals surface area contributed by atoms with Crippen LogP contribution in [0.3, 0.4) is 0 Å². The lowest BCUT2D eigenvalue weighted by Gasteiger charge is -2.11. The third-order valence-electron chi connectivity index (χ3n) is 4.00. The van der Waals surface area contributed by atoms with Crippen LogP contribution >= 0.6 is 47.0 Å². The van der Waals surface area contributed by atoms with E-state index in [-0.39, 0.29) is 16.3 Å². The second-order valence-corrected chi connectivity index (χ2v) is 7.95. The smallest absolute Gasteiger partial charge is 0.345 e. The molecule has 0 unspecified atom stereocenters. The highest BCUT2D eigenvalue weighted by atomic mass is 35.5. The van der Waals surface area contributed by atoms with Crippen molar-refractivity contribution in [3.8, 4) is 11.5 Å². The Bertz CT molecular complexity index is 1190. The van der Waals surface area contributed by atoms with Crippen molar-refractivity contribution in [3.63, 3.8) is 0 Å². The number of rotatable bonds is 6. The van der Waals surface area contributed by atoms with Crippen LogP contribution in [0.4, 0.5) is 5.69 Å². The molecule has 0 aliphatic rings. The van der Waals surface area contributed by atoms with Gasteiger partial charge in [0.15, 0.2) is 16.6 Å². The fourth-order valence-electron chi connectivity index (χ4n) is 2.55. The van der Waals surface area contributed by atoms with Crippen molar-refractivity contribution in [2.24, 2.45) is 5.10 Å². The lowest BCUT2D eigenvalue weighted by Crippen LogP contribution is -2.23. The largest absolute Gasteiger partial charge is 0.493 e. The molecule has 10 heteroatoms. The molecule has 0 saturated heterocycles. The van der Waals surface area contributed by atoms with Gasteiger partial charge >= 0.3 is 5.97 Å². The minimum absolute atomic E-state index is 0.189. The van der Waals surface area contributed by atoms with Crippen LogP contribution < -0.4 is 20.2 Å². The summed E-state index contributed by atoms with van der Waals surface area (Å²) in [6, 6.07) is 16.6. The van der Waals surface area contributed by atoms with Crippen molar-refractivity contribution in [2.45, 2.75) is 0 Å². The number of carbonyl (C=O) groups excluding carboxylic acids is 1. The van der Waals surface area contributed by atoms with Crippen LogP contribution in [0.25, 0.3) is 0 Å². The van der Waals surface area contributed by atoms with Gasteiger partial charge in [0.05, 0.1) is 23.9 Å². The molecule has 164 valence electrons. The summed E-state index contributed by atoms with van der Waals surface area (Å²) in [7, 11) is 1.46. The third-order valence-corrected chi connectivity index (χ3v) is 4.98. The molecule has 0 atom stereocenters. The highest BCUT2D eigenvalue weighted by Gasteiger charge is 2.16. The first-order chi connectivity index (χ1) is 15.4. The van der Waals surface area contributed by atoms with E-state index in [2.05, 4.69) is 15.8 Å². The van der Waals surface area contributed by atoms with Crippen molar-refractivity contribution in [2.75, 3.05) is 12.4 Å². The van der Waals surface area contributed by atoms with E-state index < -0.39 is 5.97 Å². The van der Waals surface area contributed by atoms with E-state index in [4.69, 9.17) is 56.5 Å². The van der Waals surface area contributed by atoms with Gasteiger partial charge in [0.25, 0.3) is 0 Å². The topological polar surface area (TPSA) is 71.9 Å². The summed E-state index contributed by atoms with van der Waals surface area (Å²) < 4.78 is 10.7. The number of nitrogens with one attached hydrogen (secondary N) is 2. The Balaban J connectivity index is 1.64. The molecule has 0 aliphatic carbocycles. The Kier molecular flexibility index (Phi) is 8.30. The number of esters is 1. The number of methoxy groups -OCH3 is 1. The average molecular weight is 509 g/mol. The summed E-state index contributed by atoms with van der Waals surface area (Å²) in [4.78, 5) is 12.4. The number of benzene rings is 3. The molecule has 0 saturated carbocycles. The monoisotopic (exact) mass is 507 g/mol. The molecule has 3 aromatic carbocycles. The van der Waals surface area contributed by atoms with E-state index >= 15 is 0 Å². The SMILES string of the molecule is COc1cc(C=NNC(=S)Nc2cccc(Cl)c2)ccc1OC(=O)c1ccc(Cl)cc1Cl. The molecule has 0 heterocycles. The molecule has 6 nitrogen and oxygen atoms in total. The maximum atomic E-state index is 12.4. The first-order valence-corrected chi connectivity index (χ1v) is 10.6. The second-order valence-electron chi connectivity index (χ2n) is 6.26. The fraction of sp³-hybridized carbons (Fsp3) is 0.0455. The molecule has 32 heavy (non-hydrogen) atoms. The van der Waals surface area contributed by atoms with Gasteiger partial charge in [-0.1, -0.05) is 40.9 Å². The summed E-state index contributed by atoms with van der Waals surface area (Å²) in [5.74, 6) is -0.0655. The Morgan fingerprint density at radius 2 is 1.78 bits per heavy atom. The van der Waals surface area contributed by atoms with E-state index in [1.165, 1.54) is 25.5 Å². The number of anilines is 1. The lowest BCUT2D eigenvalue weighted by molar-refractivity contribution is 0.0730. The Morgan fingerprint density at radius 3 is 2.50 bits per heavy atom. The van der Waals surface area contributed by atoms with Crippen LogP contribution in [0.5, 0.6) is 11.5 Å². The summed E-state index contributed by atoms with van der Waals surface area (Å²) in [6.07, 6.45) is 1.54. The van der Waals surface area contributed by atoms with Gasteiger partial charge in [-0.15, -0.1) is 0 Å². The van der Waals surface area contributed by atoms with Gasteiger partial charge < -0.3 is 14.8 Å². The Morgan fingerprint density at radius 1 is 1.00 bits per heavy atom. The van der Waals surface area contributed by atoms with Gasteiger partial charge in [-0.2, -0.15) is 5.10 Å². The summed E-state index contributed by atoms with van der Waals surface area (Å²) in [5.41, 5.74) is 4.32. The second kappa shape index (κ2) is 11.2. The van der Waals surface area contributed by atoms with Gasteiger partial charge in [0.1, 0.15) is 0 Å². The summed E-state index contributed by atoms with van der Waals surface area (Å²) in [5, 5.41) is 8.55. The molecule has 3 aromatic rings. The minimum Gasteiger partial charge on any atom is -0.493 e. The first kappa shape index (κ1) is 23.8. The molecule has 0 aromatic heterocycles. The standard InChI is InChI=1S/C22H16Cl3N3O3S/c1-30-20-9-13(12-26-28-22(32)27-16-4-2-3-14(23)10-16)5-8-19(20)31-21(29)17-7-6-15(24)11-18(17)25/h2-12H,1H3,(H2,27,28,32). The Labute approximate surface area is 205 Å². The quantitative estimate of drug-likeness (QED) is 0.136. The van der Waals surface area contributed by atoms with Crippen LogP contribution in [0.15, 0.2) is 65.8 Å². The predicted molar refractivity (Wildman–Crippen MR) is 133 cm³/mol. The number of hydrogen-bond acceptors (Lipinski definition) is 5. The van der Waals surface area contributed by atoms with Crippen molar-refractivity contribution in [1.29, 1.82) is 0 Å². The van der Waals surface area contributed by atoms with Gasteiger partial charge in [0, 0.05) is 15.7 Å². The molecule has 2 N–H and O–H groups in total. The number of hydrazone groups is 1. The first-order valence-electron chi connectivity index (χ1n) is 9.06. The predicted octanol–water partition coefficient (Wildman–Crippen LogP) is 6.20. The van der Waals surface area contributed by atoms with Crippen molar-refractivity contribution in [1.82, 2.24) is 5.43 Å². The van der Waals surface area contributed by atoms with Crippen LogP contribution in [-0.2, 0) is 0 Å². The van der Waals surface area contributed by atoms with Crippen LogP contribution in [-0.4, -0.2) is 24.4 Å². The normalized spacial score (nSPS) is 10.6. The number of carbonyl (C=O) groups is 1. The van der Waals surface area contributed by atoms with Crippen molar-refractivity contribution >= 4 is 70.0 Å². The molecular weight excluding hydrogens is 493 g/mol. The van der Waals surface area contributed by atoms with Gasteiger partial charge in [-0.05, 0) is 72.4 Å². The molecule has 0 amide bonds. The van der Waals surface area contributed by atoms with Crippen LogP contribution in [0.2, 0.25) is 15.1 Å². The number of ether oxygens (including phenoxy) is 2. The summed E-state index contributed by atoms with van der Waals surface area (Å²) in [6.45, 7) is 0. The van der Waals surface area contributed by atoms with E-state index in [1.807, 2.05) is 6.07 Å². The molecular formula is C22H16Cl3N3O3S. The zero-order chi connectivity index (χ0) is 23.1. The van der Waals surface area contributed by atoms with E-state index in [1.54, 1.807) is 42.5 Å². The lowest BCUT2D eigenvalue weighted by atomic mass is 10.2. The highest BCUT2D eigenvalue weighted by molar-refractivity contribution is 7.80. The fourth-order valence-corrected chi connectivity index (χ4v) is 3.40. The van der Waals surface area contributed by atoms with E-state index in [0.29, 0.717) is 26.5 Å². The van der Waals surface area contributed by atoms with Crippen LogP contribution in [0, 0.1) is 0 Å². The summed E-state index contributed by atoms with van der Waals surface area (Å²) >= 11 is 23.1. The molecule has 0 fully saturated rings. The number of nitrogens with zero attached hydrogens (tertiary/aromatic N) is 1. The van der Waals surface area contributed by atoms with Gasteiger partial charge in [-0.3, -0.25) is 5.43 Å². The third kappa shape index (κ3) is 6.58. The maximum absolute atomic E-state index is 12.4. The number of thiocarbonyl (C=S) groups is 1. The van der Waals surface area contributed by atoms with Gasteiger partial charge in [-0.25, -0.2) is 4.79 Å². The molecule has 3 rings (SSSR count).